The molecule has 2 radical (unpaired) electrons. The fourth-order valence-corrected chi connectivity index (χ4v) is 2.49. The van der Waals surface area contributed by atoms with Crippen LogP contribution in [0.2, 0.25) is 13.1 Å². The molecule has 0 fully saturated rings. The van der Waals surface area contributed by atoms with Crippen molar-refractivity contribution in [2.75, 3.05) is 0 Å². The standard InChI is InChI=1S/2C10H9.C2H6Si.2ClH.Zr/c2*1-8-5-6-9-3-2-4-10(9)7-8;1-3-2;;;/h2*2-7H,1H3;1-2H3;2*1H;/q2*-1;;;;+4/p-2. The van der Waals surface area contributed by atoms with Crippen LogP contribution in [0.15, 0.2) is 72.8 Å². The van der Waals surface area contributed by atoms with Gasteiger partial charge in [-0.2, -0.15) is 24.3 Å². The minimum Gasteiger partial charge on any atom is -1.00 e. The van der Waals surface area contributed by atoms with E-state index in [0.29, 0.717) is 0 Å². The third kappa shape index (κ3) is 8.35. The van der Waals surface area contributed by atoms with Gasteiger partial charge in [0, 0.05) is 9.52 Å². The Morgan fingerprint density at radius 3 is 1.35 bits per heavy atom. The van der Waals surface area contributed by atoms with E-state index in [0.717, 1.165) is 9.52 Å². The van der Waals surface area contributed by atoms with Crippen molar-refractivity contribution < 1.29 is 51.0 Å². The van der Waals surface area contributed by atoms with E-state index < -0.39 is 0 Å². The molecule has 0 aliphatic rings. The van der Waals surface area contributed by atoms with Crippen LogP contribution in [0.25, 0.3) is 21.5 Å². The Kier molecular flexibility index (Phi) is 15.3. The first-order valence-corrected chi connectivity index (χ1v) is 9.96. The van der Waals surface area contributed by atoms with E-state index >= 15 is 0 Å². The molecule has 0 aliphatic heterocycles. The summed E-state index contributed by atoms with van der Waals surface area (Å²) in [5.41, 5.74) is 2.66. The second-order valence-corrected chi connectivity index (χ2v) is 6.82. The van der Waals surface area contributed by atoms with Crippen molar-refractivity contribution >= 4 is 31.1 Å². The number of halogens is 2. The van der Waals surface area contributed by atoms with Gasteiger partial charge in [-0.15, -0.1) is 57.9 Å². The van der Waals surface area contributed by atoms with E-state index in [2.05, 4.69) is 99.7 Å². The summed E-state index contributed by atoms with van der Waals surface area (Å²) >= 11 is 0. The molecule has 0 aliphatic carbocycles. The third-order valence-corrected chi connectivity index (χ3v) is 3.59. The van der Waals surface area contributed by atoms with Crippen LogP contribution in [0.5, 0.6) is 0 Å². The van der Waals surface area contributed by atoms with Gasteiger partial charge in [-0.1, -0.05) is 36.4 Å². The average Bonchev–Trinajstić information content (AvgIpc) is 3.16. The molecule has 134 valence electrons. The summed E-state index contributed by atoms with van der Waals surface area (Å²) in [5, 5.41) is 5.37. The van der Waals surface area contributed by atoms with Crippen LogP contribution in [0.1, 0.15) is 11.1 Å². The number of hydrogen-bond acceptors (Lipinski definition) is 0. The summed E-state index contributed by atoms with van der Waals surface area (Å²) in [6, 6.07) is 25.7. The molecule has 0 unspecified atom stereocenters. The molecule has 0 nitrogen and oxygen atoms in total. The summed E-state index contributed by atoms with van der Waals surface area (Å²) < 4.78 is 0. The van der Waals surface area contributed by atoms with Crippen LogP contribution in [-0.4, -0.2) is 9.52 Å². The van der Waals surface area contributed by atoms with Gasteiger partial charge in [-0.3, -0.25) is 0 Å². The van der Waals surface area contributed by atoms with Crippen molar-refractivity contribution in [3.63, 3.8) is 0 Å². The zero-order valence-electron chi connectivity index (χ0n) is 15.7. The molecule has 0 aromatic heterocycles. The number of aryl methyl sites for hydroxylation is 2. The van der Waals surface area contributed by atoms with E-state index in [9.17, 15) is 0 Å². The second-order valence-electron chi connectivity index (χ2n) is 5.82. The van der Waals surface area contributed by atoms with E-state index in [1.54, 1.807) is 0 Å². The molecule has 0 N–H and O–H groups in total. The van der Waals surface area contributed by atoms with Crippen molar-refractivity contribution in [3.8, 4) is 0 Å². The molecule has 0 amide bonds. The van der Waals surface area contributed by atoms with Gasteiger partial charge in [-0.25, -0.2) is 0 Å². The van der Waals surface area contributed by atoms with Gasteiger partial charge in [0.1, 0.15) is 0 Å². The van der Waals surface area contributed by atoms with Crippen molar-refractivity contribution in [2.24, 2.45) is 0 Å². The molecule has 4 aromatic rings. The fraction of sp³-hybridized carbons (Fsp3) is 0.182. The summed E-state index contributed by atoms with van der Waals surface area (Å²) in [5.74, 6) is 0. The Morgan fingerprint density at radius 2 is 1.00 bits per heavy atom. The van der Waals surface area contributed by atoms with E-state index in [1.165, 1.54) is 32.7 Å². The molecule has 0 heterocycles. The minimum absolute atomic E-state index is 0. The van der Waals surface area contributed by atoms with Crippen LogP contribution < -0.4 is 24.8 Å². The summed E-state index contributed by atoms with van der Waals surface area (Å²) in [7, 11) is 1.08. The maximum atomic E-state index is 2.20. The predicted octanol–water partition coefficient (Wildman–Crippen LogP) is 0.527. The Hall–Kier alpha value is -0.660. The van der Waals surface area contributed by atoms with Gasteiger partial charge < -0.3 is 24.8 Å². The Balaban J connectivity index is 0. The van der Waals surface area contributed by atoms with Gasteiger partial charge in [0.2, 0.25) is 0 Å². The van der Waals surface area contributed by atoms with Gasteiger partial charge >= 0.3 is 26.2 Å². The molecule has 4 aromatic carbocycles. The SMILES string of the molecule is C[Si]C.Cc1ccc2cc[cH-]c2c1.Cc1ccc2cc[cH-]c2c1.[Cl-].[Cl-].[Zr+4]. The predicted molar refractivity (Wildman–Crippen MR) is 106 cm³/mol. The van der Waals surface area contributed by atoms with Crippen LogP contribution in [0.4, 0.5) is 0 Å². The third-order valence-electron chi connectivity index (χ3n) is 3.59. The quantitative estimate of drug-likeness (QED) is 0.256. The van der Waals surface area contributed by atoms with Gasteiger partial charge in [0.25, 0.3) is 0 Å². The molecule has 4 heteroatoms. The van der Waals surface area contributed by atoms with Crippen LogP contribution in [0, 0.1) is 13.8 Å². The van der Waals surface area contributed by atoms with Gasteiger partial charge in [-0.05, 0) is 13.8 Å². The molecule has 0 atom stereocenters. The van der Waals surface area contributed by atoms with Gasteiger partial charge in [0.05, 0.1) is 0 Å². The first-order valence-electron chi connectivity index (χ1n) is 7.96. The van der Waals surface area contributed by atoms with E-state index in [1.807, 2.05) is 0 Å². The molecule has 0 saturated carbocycles. The smallest absolute Gasteiger partial charge is 1.00 e. The molecule has 4 rings (SSSR count). The molecule has 26 heavy (non-hydrogen) atoms. The van der Waals surface area contributed by atoms with E-state index in [-0.39, 0.29) is 51.0 Å². The molecular weight excluding hydrogens is 454 g/mol. The van der Waals surface area contributed by atoms with Crippen molar-refractivity contribution in [1.29, 1.82) is 0 Å². The van der Waals surface area contributed by atoms with Crippen molar-refractivity contribution in [1.82, 2.24) is 0 Å². The number of benzene rings is 2. The van der Waals surface area contributed by atoms with E-state index in [4.69, 9.17) is 0 Å². The normalized spacial score (nSPS) is 8.77. The molecule has 0 bridgehead atoms. The van der Waals surface area contributed by atoms with Crippen LogP contribution in [0.3, 0.4) is 0 Å². The van der Waals surface area contributed by atoms with Crippen molar-refractivity contribution in [2.45, 2.75) is 26.9 Å². The Morgan fingerprint density at radius 1 is 0.654 bits per heavy atom. The first-order chi connectivity index (χ1) is 11.1. The molecule has 0 saturated heterocycles. The Bertz CT molecular complexity index is 792. The van der Waals surface area contributed by atoms with Crippen LogP contribution in [-0.2, 0) is 26.2 Å². The second kappa shape index (κ2) is 14.4. The summed E-state index contributed by atoms with van der Waals surface area (Å²) in [6.45, 7) is 8.54. The van der Waals surface area contributed by atoms with Crippen LogP contribution >= 0.6 is 0 Å². The number of hydrogen-bond donors (Lipinski definition) is 0. The van der Waals surface area contributed by atoms with Gasteiger partial charge in [0.15, 0.2) is 0 Å². The largest absolute Gasteiger partial charge is 4.00 e. The zero-order valence-corrected chi connectivity index (χ0v) is 20.7. The maximum Gasteiger partial charge on any atom is 4.00 e. The monoisotopic (exact) mass is 476 g/mol. The summed E-state index contributed by atoms with van der Waals surface area (Å²) in [4.78, 5) is 0. The Labute approximate surface area is 191 Å². The topological polar surface area (TPSA) is 0 Å². The number of rotatable bonds is 0. The molecule has 0 spiro atoms. The minimum atomic E-state index is 0. The van der Waals surface area contributed by atoms with Crippen molar-refractivity contribution in [3.05, 3.63) is 83.9 Å². The number of fused-ring (bicyclic) bond motifs is 2. The average molecular weight is 479 g/mol. The fourth-order valence-electron chi connectivity index (χ4n) is 2.49. The zero-order chi connectivity index (χ0) is 16.7. The molecular formula is C22H24Cl2SiZr. The first kappa shape index (κ1) is 27.6. The maximum absolute atomic E-state index is 2.20. The summed E-state index contributed by atoms with van der Waals surface area (Å²) in [6.07, 6.45) is 0.